The monoisotopic (exact) mass is 225 g/mol. The van der Waals surface area contributed by atoms with E-state index in [1.165, 1.54) is 19.3 Å². The zero-order valence-corrected chi connectivity index (χ0v) is 11.1. The average molecular weight is 225 g/mol. The Morgan fingerprint density at radius 2 is 1.81 bits per heavy atom. The van der Waals surface area contributed by atoms with E-state index in [9.17, 15) is 4.79 Å². The molecule has 2 heteroatoms. The van der Waals surface area contributed by atoms with Crippen LogP contribution in [0.4, 0.5) is 0 Å². The highest BCUT2D eigenvalue weighted by atomic mass is 16.1. The normalized spacial score (nSPS) is 27.5. The first-order valence-electron chi connectivity index (χ1n) is 6.68. The Kier molecular flexibility index (Phi) is 4.97. The first-order chi connectivity index (χ1) is 7.40. The van der Waals surface area contributed by atoms with E-state index in [-0.39, 0.29) is 17.4 Å². The number of ketones is 1. The average Bonchev–Trinajstić information content (AvgIpc) is 2.38. The molecule has 2 atom stereocenters. The minimum absolute atomic E-state index is 0.120. The summed E-state index contributed by atoms with van der Waals surface area (Å²) in [5.74, 6) is 0.550. The highest BCUT2D eigenvalue weighted by Crippen LogP contribution is 2.27. The van der Waals surface area contributed by atoms with Gasteiger partial charge in [-0.2, -0.15) is 0 Å². The molecule has 0 saturated heterocycles. The molecule has 2 N–H and O–H groups in total. The van der Waals surface area contributed by atoms with Gasteiger partial charge in [-0.25, -0.2) is 0 Å². The summed E-state index contributed by atoms with van der Waals surface area (Å²) >= 11 is 0. The fourth-order valence-electron chi connectivity index (χ4n) is 2.42. The fourth-order valence-corrected chi connectivity index (χ4v) is 2.42. The van der Waals surface area contributed by atoms with Crippen LogP contribution >= 0.6 is 0 Å². The lowest BCUT2D eigenvalue weighted by Gasteiger charge is -2.23. The zero-order valence-electron chi connectivity index (χ0n) is 11.1. The van der Waals surface area contributed by atoms with E-state index in [2.05, 4.69) is 20.8 Å². The van der Waals surface area contributed by atoms with E-state index >= 15 is 0 Å². The van der Waals surface area contributed by atoms with Crippen molar-refractivity contribution in [1.82, 2.24) is 0 Å². The molecule has 0 aromatic heterocycles. The number of rotatable bonds is 3. The summed E-state index contributed by atoms with van der Waals surface area (Å²) in [5, 5.41) is 0. The van der Waals surface area contributed by atoms with Gasteiger partial charge in [-0.05, 0) is 24.7 Å². The smallest absolute Gasteiger partial charge is 0.137 e. The Labute approximate surface area is 100.0 Å². The maximum absolute atomic E-state index is 12.1. The van der Waals surface area contributed by atoms with Crippen LogP contribution in [0.25, 0.3) is 0 Å². The van der Waals surface area contributed by atoms with Crippen molar-refractivity contribution < 1.29 is 4.79 Å². The van der Waals surface area contributed by atoms with Gasteiger partial charge < -0.3 is 5.73 Å². The topological polar surface area (TPSA) is 43.1 Å². The SMILES string of the molecule is CC(C)(C)CCC(=O)C1CCCCCC1N. The number of nitrogens with two attached hydrogens (primary N) is 1. The minimum Gasteiger partial charge on any atom is -0.327 e. The van der Waals surface area contributed by atoms with Crippen LogP contribution in [0, 0.1) is 11.3 Å². The highest BCUT2D eigenvalue weighted by molar-refractivity contribution is 5.81. The first kappa shape index (κ1) is 13.7. The van der Waals surface area contributed by atoms with E-state index < -0.39 is 0 Å². The van der Waals surface area contributed by atoms with E-state index in [4.69, 9.17) is 5.73 Å². The van der Waals surface area contributed by atoms with Gasteiger partial charge in [0, 0.05) is 18.4 Å². The first-order valence-corrected chi connectivity index (χ1v) is 6.68. The van der Waals surface area contributed by atoms with Crippen molar-refractivity contribution in [3.8, 4) is 0 Å². The quantitative estimate of drug-likeness (QED) is 0.749. The highest BCUT2D eigenvalue weighted by Gasteiger charge is 2.27. The lowest BCUT2D eigenvalue weighted by atomic mass is 9.84. The van der Waals surface area contributed by atoms with Crippen LogP contribution in [0.2, 0.25) is 0 Å². The maximum Gasteiger partial charge on any atom is 0.137 e. The van der Waals surface area contributed by atoms with Crippen LogP contribution in [0.15, 0.2) is 0 Å². The van der Waals surface area contributed by atoms with Gasteiger partial charge in [0.15, 0.2) is 0 Å². The van der Waals surface area contributed by atoms with E-state index in [1.807, 2.05) is 0 Å². The van der Waals surface area contributed by atoms with Gasteiger partial charge in [-0.3, -0.25) is 4.79 Å². The number of hydrogen-bond donors (Lipinski definition) is 1. The second-order valence-electron chi connectivity index (χ2n) is 6.44. The molecule has 16 heavy (non-hydrogen) atoms. The van der Waals surface area contributed by atoms with Crippen LogP contribution in [0.5, 0.6) is 0 Å². The molecule has 0 aromatic carbocycles. The van der Waals surface area contributed by atoms with Gasteiger partial charge in [0.2, 0.25) is 0 Å². The molecule has 1 aliphatic carbocycles. The molecule has 0 aromatic rings. The molecule has 0 radical (unpaired) electrons. The van der Waals surface area contributed by atoms with Crippen LogP contribution in [0.1, 0.15) is 65.7 Å². The van der Waals surface area contributed by atoms with Gasteiger partial charge in [-0.15, -0.1) is 0 Å². The molecule has 0 spiro atoms. The molecule has 0 heterocycles. The minimum atomic E-state index is 0.120. The van der Waals surface area contributed by atoms with Crippen molar-refractivity contribution in [2.75, 3.05) is 0 Å². The fraction of sp³-hybridized carbons (Fsp3) is 0.929. The summed E-state index contributed by atoms with van der Waals surface area (Å²) in [6.07, 6.45) is 7.37. The predicted octanol–water partition coefficient (Wildman–Crippen LogP) is 3.29. The Balaban J connectivity index is 2.45. The summed E-state index contributed by atoms with van der Waals surface area (Å²) in [5.41, 5.74) is 6.35. The molecule has 1 aliphatic rings. The third kappa shape index (κ3) is 4.65. The summed E-state index contributed by atoms with van der Waals surface area (Å²) in [4.78, 5) is 12.1. The molecular weight excluding hydrogens is 198 g/mol. The second kappa shape index (κ2) is 5.81. The molecule has 0 bridgehead atoms. The molecular formula is C14H27NO. The standard InChI is InChI=1S/C14H27NO/c1-14(2,3)10-9-13(16)11-7-5-4-6-8-12(11)15/h11-12H,4-10,15H2,1-3H3. The van der Waals surface area contributed by atoms with Crippen molar-refractivity contribution in [2.24, 2.45) is 17.1 Å². The molecule has 94 valence electrons. The van der Waals surface area contributed by atoms with E-state index in [0.717, 1.165) is 19.3 Å². The molecule has 0 amide bonds. The van der Waals surface area contributed by atoms with Crippen molar-refractivity contribution >= 4 is 5.78 Å². The Morgan fingerprint density at radius 3 is 2.44 bits per heavy atom. The number of Topliss-reactive ketones (excluding diaryl/α,β-unsaturated/α-hetero) is 1. The number of carbonyl (C=O) groups is 1. The van der Waals surface area contributed by atoms with Crippen molar-refractivity contribution in [1.29, 1.82) is 0 Å². The van der Waals surface area contributed by atoms with Gasteiger partial charge in [0.1, 0.15) is 5.78 Å². The molecule has 0 aliphatic heterocycles. The van der Waals surface area contributed by atoms with Crippen LogP contribution in [0.3, 0.4) is 0 Å². The van der Waals surface area contributed by atoms with Crippen LogP contribution in [-0.2, 0) is 4.79 Å². The van der Waals surface area contributed by atoms with Crippen molar-refractivity contribution in [3.63, 3.8) is 0 Å². The van der Waals surface area contributed by atoms with Gasteiger partial charge in [0.25, 0.3) is 0 Å². The molecule has 2 nitrogen and oxygen atoms in total. The van der Waals surface area contributed by atoms with Crippen molar-refractivity contribution in [2.45, 2.75) is 71.8 Å². The summed E-state index contributed by atoms with van der Waals surface area (Å²) < 4.78 is 0. The van der Waals surface area contributed by atoms with E-state index in [0.29, 0.717) is 12.2 Å². The van der Waals surface area contributed by atoms with Gasteiger partial charge >= 0.3 is 0 Å². The van der Waals surface area contributed by atoms with Crippen LogP contribution in [-0.4, -0.2) is 11.8 Å². The summed E-state index contributed by atoms with van der Waals surface area (Å²) in [7, 11) is 0. The Bertz CT molecular complexity index is 229. The molecule has 1 saturated carbocycles. The third-order valence-corrected chi connectivity index (χ3v) is 3.60. The Hall–Kier alpha value is -0.370. The molecule has 1 fully saturated rings. The van der Waals surface area contributed by atoms with Gasteiger partial charge in [-0.1, -0.05) is 40.0 Å². The largest absolute Gasteiger partial charge is 0.327 e. The number of hydrogen-bond acceptors (Lipinski definition) is 2. The lowest BCUT2D eigenvalue weighted by molar-refractivity contribution is -0.124. The zero-order chi connectivity index (χ0) is 12.2. The predicted molar refractivity (Wildman–Crippen MR) is 68.2 cm³/mol. The summed E-state index contributed by atoms with van der Waals surface area (Å²) in [6.45, 7) is 6.56. The summed E-state index contributed by atoms with van der Waals surface area (Å²) in [6, 6.07) is 0.120. The second-order valence-corrected chi connectivity index (χ2v) is 6.44. The van der Waals surface area contributed by atoms with E-state index in [1.54, 1.807) is 0 Å². The van der Waals surface area contributed by atoms with Crippen LogP contribution < -0.4 is 5.73 Å². The maximum atomic E-state index is 12.1. The number of carbonyl (C=O) groups excluding carboxylic acids is 1. The lowest BCUT2D eigenvalue weighted by Crippen LogP contribution is -2.34. The Morgan fingerprint density at radius 1 is 1.19 bits per heavy atom. The van der Waals surface area contributed by atoms with Gasteiger partial charge in [0.05, 0.1) is 0 Å². The molecule has 1 rings (SSSR count). The molecule has 2 unspecified atom stereocenters. The van der Waals surface area contributed by atoms with Crippen molar-refractivity contribution in [3.05, 3.63) is 0 Å². The third-order valence-electron chi connectivity index (χ3n) is 3.60.